The van der Waals surface area contributed by atoms with Crippen molar-refractivity contribution in [3.05, 3.63) is 83.8 Å². The maximum absolute atomic E-state index is 12.8. The van der Waals surface area contributed by atoms with Crippen LogP contribution in [0.25, 0.3) is 0 Å². The van der Waals surface area contributed by atoms with E-state index in [1.807, 2.05) is 30.3 Å². The molecule has 0 saturated carbocycles. The summed E-state index contributed by atoms with van der Waals surface area (Å²) in [4.78, 5) is 20.2. The van der Waals surface area contributed by atoms with Gasteiger partial charge in [0.25, 0.3) is 5.91 Å². The van der Waals surface area contributed by atoms with Crippen LogP contribution < -0.4 is 10.6 Å². The maximum atomic E-state index is 12.8. The first-order valence-corrected chi connectivity index (χ1v) is 8.50. The van der Waals surface area contributed by atoms with Crippen molar-refractivity contribution in [3.63, 3.8) is 0 Å². The summed E-state index contributed by atoms with van der Waals surface area (Å²) < 4.78 is 38.3. The standard InChI is InChI=1S/C20H17F3N4O/c21-20(22,23)15-7-4-8-16(11-15)27-18-13-25-17(12-26-18)19(28)24-10-9-14-5-2-1-3-6-14/h1-8,11-13H,9-10H2,(H,24,28)(H,26,27). The fraction of sp³-hybridized carbons (Fsp3) is 0.150. The number of halogens is 3. The highest BCUT2D eigenvalue weighted by Crippen LogP contribution is 2.31. The Morgan fingerprint density at radius 2 is 1.75 bits per heavy atom. The molecule has 0 bridgehead atoms. The molecule has 5 nitrogen and oxygen atoms in total. The van der Waals surface area contributed by atoms with Crippen molar-refractivity contribution in [1.82, 2.24) is 15.3 Å². The van der Waals surface area contributed by atoms with E-state index in [0.717, 1.165) is 17.7 Å². The molecule has 3 rings (SSSR count). The van der Waals surface area contributed by atoms with Gasteiger partial charge in [0.05, 0.1) is 18.0 Å². The van der Waals surface area contributed by atoms with Gasteiger partial charge in [-0.2, -0.15) is 13.2 Å². The van der Waals surface area contributed by atoms with Gasteiger partial charge in [0.1, 0.15) is 11.5 Å². The molecule has 2 aromatic carbocycles. The molecule has 144 valence electrons. The Balaban J connectivity index is 1.56. The third-order valence-corrected chi connectivity index (χ3v) is 3.89. The minimum atomic E-state index is -4.43. The predicted octanol–water partition coefficient (Wildman–Crippen LogP) is 4.21. The number of anilines is 2. The lowest BCUT2D eigenvalue weighted by molar-refractivity contribution is -0.137. The minimum absolute atomic E-state index is 0.127. The predicted molar refractivity (Wildman–Crippen MR) is 99.2 cm³/mol. The zero-order chi connectivity index (χ0) is 20.0. The topological polar surface area (TPSA) is 66.9 Å². The molecular formula is C20H17F3N4O. The number of benzene rings is 2. The van der Waals surface area contributed by atoms with Gasteiger partial charge in [0.2, 0.25) is 0 Å². The molecule has 0 spiro atoms. The van der Waals surface area contributed by atoms with E-state index in [9.17, 15) is 18.0 Å². The average molecular weight is 386 g/mol. The normalized spacial score (nSPS) is 11.1. The van der Waals surface area contributed by atoms with Gasteiger partial charge >= 0.3 is 6.18 Å². The molecule has 28 heavy (non-hydrogen) atoms. The third kappa shape index (κ3) is 5.29. The molecule has 0 atom stereocenters. The summed E-state index contributed by atoms with van der Waals surface area (Å²) in [5.41, 5.74) is 0.696. The van der Waals surface area contributed by atoms with Crippen LogP contribution in [0.1, 0.15) is 21.6 Å². The zero-order valence-corrected chi connectivity index (χ0v) is 14.7. The molecule has 3 aromatic rings. The number of carbonyl (C=O) groups excluding carboxylic acids is 1. The summed E-state index contributed by atoms with van der Waals surface area (Å²) >= 11 is 0. The molecule has 1 amide bonds. The first kappa shape index (κ1) is 19.3. The Hall–Kier alpha value is -3.42. The minimum Gasteiger partial charge on any atom is -0.350 e. The summed E-state index contributed by atoms with van der Waals surface area (Å²) in [6.07, 6.45) is -1.17. The number of hydrogen-bond donors (Lipinski definition) is 2. The molecular weight excluding hydrogens is 369 g/mol. The molecule has 0 radical (unpaired) electrons. The Morgan fingerprint density at radius 1 is 0.964 bits per heavy atom. The number of nitrogens with one attached hydrogen (secondary N) is 2. The summed E-state index contributed by atoms with van der Waals surface area (Å²) in [5, 5.41) is 5.50. The summed E-state index contributed by atoms with van der Waals surface area (Å²) in [5.74, 6) is -0.130. The van der Waals surface area contributed by atoms with E-state index in [0.29, 0.717) is 13.0 Å². The Bertz CT molecular complexity index is 928. The Labute approximate surface area is 159 Å². The number of alkyl halides is 3. The lowest BCUT2D eigenvalue weighted by Gasteiger charge is -2.10. The second kappa shape index (κ2) is 8.51. The summed E-state index contributed by atoms with van der Waals surface area (Å²) in [6.45, 7) is 0.453. The highest BCUT2D eigenvalue weighted by molar-refractivity contribution is 5.92. The molecule has 8 heteroatoms. The molecule has 0 saturated heterocycles. The van der Waals surface area contributed by atoms with Crippen LogP contribution in [-0.4, -0.2) is 22.4 Å². The summed E-state index contributed by atoms with van der Waals surface area (Å²) in [7, 11) is 0. The molecule has 2 N–H and O–H groups in total. The SMILES string of the molecule is O=C(NCCc1ccccc1)c1cnc(Nc2cccc(C(F)(F)F)c2)cn1. The summed E-state index contributed by atoms with van der Waals surface area (Å²) in [6, 6.07) is 14.5. The fourth-order valence-electron chi connectivity index (χ4n) is 2.49. The second-order valence-electron chi connectivity index (χ2n) is 5.98. The van der Waals surface area contributed by atoms with Gasteiger partial charge in [-0.25, -0.2) is 9.97 Å². The molecule has 0 fully saturated rings. The van der Waals surface area contributed by atoms with Gasteiger partial charge < -0.3 is 10.6 Å². The lowest BCUT2D eigenvalue weighted by atomic mass is 10.1. The molecule has 1 heterocycles. The molecule has 0 unspecified atom stereocenters. The monoisotopic (exact) mass is 386 g/mol. The molecule has 1 aromatic heterocycles. The van der Waals surface area contributed by atoms with Gasteiger partial charge in [0.15, 0.2) is 0 Å². The number of nitrogens with zero attached hydrogens (tertiary/aromatic N) is 2. The van der Waals surface area contributed by atoms with Crippen LogP contribution in [0.3, 0.4) is 0 Å². The lowest BCUT2D eigenvalue weighted by Crippen LogP contribution is -2.26. The van der Waals surface area contributed by atoms with E-state index in [1.54, 1.807) is 0 Å². The van der Waals surface area contributed by atoms with Crippen molar-refractivity contribution in [2.24, 2.45) is 0 Å². The Morgan fingerprint density at radius 3 is 2.43 bits per heavy atom. The van der Waals surface area contributed by atoms with Gasteiger partial charge in [0, 0.05) is 12.2 Å². The Kier molecular flexibility index (Phi) is 5.88. The third-order valence-electron chi connectivity index (χ3n) is 3.89. The molecule has 0 aliphatic heterocycles. The second-order valence-corrected chi connectivity index (χ2v) is 5.98. The van der Waals surface area contributed by atoms with Crippen molar-refractivity contribution in [1.29, 1.82) is 0 Å². The smallest absolute Gasteiger partial charge is 0.350 e. The van der Waals surface area contributed by atoms with Crippen molar-refractivity contribution in [2.45, 2.75) is 12.6 Å². The van der Waals surface area contributed by atoms with Crippen LogP contribution in [0.15, 0.2) is 67.0 Å². The first-order chi connectivity index (χ1) is 13.4. The van der Waals surface area contributed by atoms with E-state index >= 15 is 0 Å². The number of carbonyl (C=O) groups is 1. The van der Waals surface area contributed by atoms with E-state index in [2.05, 4.69) is 20.6 Å². The van der Waals surface area contributed by atoms with Crippen molar-refractivity contribution in [2.75, 3.05) is 11.9 Å². The van der Waals surface area contributed by atoms with Gasteiger partial charge in [-0.1, -0.05) is 36.4 Å². The van der Waals surface area contributed by atoms with Crippen LogP contribution in [0.2, 0.25) is 0 Å². The molecule has 0 aliphatic carbocycles. The van der Waals surface area contributed by atoms with Crippen LogP contribution in [0.5, 0.6) is 0 Å². The van der Waals surface area contributed by atoms with Crippen LogP contribution in [0.4, 0.5) is 24.7 Å². The number of hydrogen-bond acceptors (Lipinski definition) is 4. The highest BCUT2D eigenvalue weighted by Gasteiger charge is 2.30. The molecule has 0 aliphatic rings. The van der Waals surface area contributed by atoms with Crippen LogP contribution in [-0.2, 0) is 12.6 Å². The average Bonchev–Trinajstić information content (AvgIpc) is 2.69. The fourth-order valence-corrected chi connectivity index (χ4v) is 2.49. The largest absolute Gasteiger partial charge is 0.416 e. The highest BCUT2D eigenvalue weighted by atomic mass is 19.4. The maximum Gasteiger partial charge on any atom is 0.416 e. The van der Waals surface area contributed by atoms with Crippen molar-refractivity contribution in [3.8, 4) is 0 Å². The van der Waals surface area contributed by atoms with Gasteiger partial charge in [-0.15, -0.1) is 0 Å². The van der Waals surface area contributed by atoms with Crippen molar-refractivity contribution < 1.29 is 18.0 Å². The van der Waals surface area contributed by atoms with Gasteiger partial charge in [-0.05, 0) is 30.2 Å². The van der Waals surface area contributed by atoms with Crippen LogP contribution in [0, 0.1) is 0 Å². The number of aromatic nitrogens is 2. The van der Waals surface area contributed by atoms with Crippen LogP contribution >= 0.6 is 0 Å². The van der Waals surface area contributed by atoms with E-state index in [4.69, 9.17) is 0 Å². The number of amides is 1. The van der Waals surface area contributed by atoms with E-state index < -0.39 is 11.7 Å². The number of rotatable bonds is 6. The quantitative estimate of drug-likeness (QED) is 0.666. The van der Waals surface area contributed by atoms with Gasteiger partial charge in [-0.3, -0.25) is 4.79 Å². The first-order valence-electron chi connectivity index (χ1n) is 8.50. The van der Waals surface area contributed by atoms with Crippen molar-refractivity contribution >= 4 is 17.4 Å². The van der Waals surface area contributed by atoms with E-state index in [1.165, 1.54) is 24.5 Å². The zero-order valence-electron chi connectivity index (χ0n) is 14.7. The van der Waals surface area contributed by atoms with E-state index in [-0.39, 0.29) is 23.1 Å².